The van der Waals surface area contributed by atoms with Gasteiger partial charge in [0.15, 0.2) is 0 Å². The van der Waals surface area contributed by atoms with E-state index >= 15 is 0 Å². The van der Waals surface area contributed by atoms with Crippen molar-refractivity contribution >= 4 is 22.8 Å². The largest absolute Gasteiger partial charge is 0.342 e. The molecule has 3 aromatic heterocycles. The molecule has 3 aromatic rings. The third-order valence-corrected chi connectivity index (χ3v) is 5.28. The first-order valence-electron chi connectivity index (χ1n) is 8.49. The van der Waals surface area contributed by atoms with Crippen molar-refractivity contribution in [3.63, 3.8) is 0 Å². The highest BCUT2D eigenvalue weighted by molar-refractivity contribution is 5.92. The molecule has 1 amide bonds. The molecule has 0 aliphatic carbocycles. The monoisotopic (exact) mass is 337 g/mol. The second-order valence-corrected chi connectivity index (χ2v) is 6.91. The third kappa shape index (κ3) is 2.06. The Hall–Kier alpha value is -2.90. The van der Waals surface area contributed by atoms with Crippen LogP contribution in [-0.2, 0) is 11.8 Å². The number of likely N-dealkylation sites (tertiary alicyclic amines) is 1. The van der Waals surface area contributed by atoms with E-state index in [1.54, 1.807) is 10.9 Å². The van der Waals surface area contributed by atoms with Crippen molar-refractivity contribution in [2.75, 3.05) is 18.5 Å². The lowest BCUT2D eigenvalue weighted by atomic mass is 10.1. The van der Waals surface area contributed by atoms with Crippen molar-refractivity contribution in [3.05, 3.63) is 24.5 Å². The Labute approximate surface area is 144 Å². The fourth-order valence-electron chi connectivity index (χ4n) is 4.09. The van der Waals surface area contributed by atoms with Gasteiger partial charge in [0, 0.05) is 38.4 Å². The van der Waals surface area contributed by atoms with Crippen molar-refractivity contribution in [1.82, 2.24) is 29.9 Å². The van der Waals surface area contributed by atoms with Gasteiger partial charge in [-0.3, -0.25) is 14.6 Å². The second kappa shape index (κ2) is 5.05. The lowest BCUT2D eigenvalue weighted by molar-refractivity contribution is -0.132. The highest BCUT2D eigenvalue weighted by Crippen LogP contribution is 2.35. The predicted molar refractivity (Wildman–Crippen MR) is 93.0 cm³/mol. The number of hydrogen-bond donors (Lipinski definition) is 1. The number of amides is 1. The fraction of sp³-hybridized carbons (Fsp3) is 0.412. The molecule has 128 valence electrons. The normalized spacial score (nSPS) is 23.0. The molecular formula is C17H19N7O. The van der Waals surface area contributed by atoms with Crippen LogP contribution >= 0.6 is 0 Å². The van der Waals surface area contributed by atoms with E-state index in [-0.39, 0.29) is 11.9 Å². The molecule has 2 aliphatic heterocycles. The molecule has 8 heteroatoms. The van der Waals surface area contributed by atoms with Crippen LogP contribution in [0.1, 0.15) is 12.8 Å². The number of nitrogens with one attached hydrogen (secondary N) is 1. The summed E-state index contributed by atoms with van der Waals surface area (Å²) in [4.78, 5) is 21.4. The topological polar surface area (TPSA) is 82.9 Å². The summed E-state index contributed by atoms with van der Waals surface area (Å²) in [5.74, 6) is 1.04. The zero-order valence-electron chi connectivity index (χ0n) is 14.2. The Bertz CT molecular complexity index is 974. The zero-order valence-corrected chi connectivity index (χ0v) is 14.2. The summed E-state index contributed by atoms with van der Waals surface area (Å²) in [6.07, 6.45) is 5.63. The number of rotatable bonds is 2. The van der Waals surface area contributed by atoms with Gasteiger partial charge in [-0.15, -0.1) is 0 Å². The van der Waals surface area contributed by atoms with Gasteiger partial charge in [0.2, 0.25) is 5.91 Å². The van der Waals surface area contributed by atoms with Crippen molar-refractivity contribution < 1.29 is 4.79 Å². The number of carbonyl (C=O) groups is 1. The molecule has 5 heterocycles. The lowest BCUT2D eigenvalue weighted by Crippen LogP contribution is -2.56. The van der Waals surface area contributed by atoms with E-state index in [2.05, 4.69) is 20.2 Å². The van der Waals surface area contributed by atoms with Gasteiger partial charge < -0.3 is 9.80 Å². The number of hydrogen-bond acceptors (Lipinski definition) is 5. The van der Waals surface area contributed by atoms with Gasteiger partial charge in [-0.05, 0) is 25.0 Å². The molecule has 2 atom stereocenters. The fourth-order valence-corrected chi connectivity index (χ4v) is 4.09. The van der Waals surface area contributed by atoms with Crippen molar-refractivity contribution in [1.29, 1.82) is 0 Å². The third-order valence-electron chi connectivity index (χ3n) is 5.28. The molecule has 2 unspecified atom stereocenters. The van der Waals surface area contributed by atoms with Crippen LogP contribution in [0, 0.1) is 0 Å². The van der Waals surface area contributed by atoms with E-state index in [0.717, 1.165) is 47.5 Å². The minimum atomic E-state index is -0.0950. The van der Waals surface area contributed by atoms with Crippen LogP contribution in [0.5, 0.6) is 0 Å². The maximum absolute atomic E-state index is 12.5. The number of pyridine rings is 1. The summed E-state index contributed by atoms with van der Waals surface area (Å²) >= 11 is 0. The number of H-pyrrole nitrogens is 1. The molecule has 0 radical (unpaired) electrons. The standard InChI is InChI=1S/C17H19N7O/c1-22-9-11-3-5-13(17(22)25)24(11)14-6-4-12-16(19-14)15(21-20-12)10-7-18-23(2)8-10/h4,6-8,11,13H,3,5,9H2,1-2H3,(H,20,21). The minimum absolute atomic E-state index is 0.0950. The molecule has 8 nitrogen and oxygen atoms in total. The van der Waals surface area contributed by atoms with Crippen LogP contribution < -0.4 is 4.90 Å². The molecule has 0 aromatic carbocycles. The van der Waals surface area contributed by atoms with Crippen LogP contribution in [0.4, 0.5) is 5.82 Å². The summed E-state index contributed by atoms with van der Waals surface area (Å²) in [6, 6.07) is 4.22. The van der Waals surface area contributed by atoms with Crippen LogP contribution in [0.3, 0.4) is 0 Å². The number of piperazine rings is 1. The number of aryl methyl sites for hydroxylation is 1. The number of fused-ring (bicyclic) bond motifs is 3. The summed E-state index contributed by atoms with van der Waals surface area (Å²) < 4.78 is 1.75. The Kier molecular flexibility index (Phi) is 2.92. The molecule has 25 heavy (non-hydrogen) atoms. The van der Waals surface area contributed by atoms with E-state index in [4.69, 9.17) is 4.98 Å². The Balaban J connectivity index is 1.60. The van der Waals surface area contributed by atoms with Crippen molar-refractivity contribution in [2.24, 2.45) is 7.05 Å². The van der Waals surface area contributed by atoms with E-state index in [0.29, 0.717) is 6.04 Å². The van der Waals surface area contributed by atoms with E-state index in [1.807, 2.05) is 37.3 Å². The van der Waals surface area contributed by atoms with Crippen LogP contribution in [0.25, 0.3) is 22.3 Å². The summed E-state index contributed by atoms with van der Waals surface area (Å²) in [5.41, 5.74) is 3.42. The van der Waals surface area contributed by atoms with Gasteiger partial charge in [-0.1, -0.05) is 0 Å². The molecule has 1 N–H and O–H groups in total. The van der Waals surface area contributed by atoms with E-state index < -0.39 is 0 Å². The molecular weight excluding hydrogens is 318 g/mol. The smallest absolute Gasteiger partial charge is 0.245 e. The second-order valence-electron chi connectivity index (χ2n) is 6.91. The summed E-state index contributed by atoms with van der Waals surface area (Å²) in [5, 5.41) is 11.7. The van der Waals surface area contributed by atoms with E-state index in [1.165, 1.54) is 0 Å². The Morgan fingerprint density at radius 1 is 1.24 bits per heavy atom. The highest BCUT2D eigenvalue weighted by atomic mass is 16.2. The lowest BCUT2D eigenvalue weighted by Gasteiger charge is -2.39. The highest BCUT2D eigenvalue weighted by Gasteiger charge is 2.45. The first kappa shape index (κ1) is 14.4. The van der Waals surface area contributed by atoms with Gasteiger partial charge in [-0.25, -0.2) is 4.98 Å². The van der Waals surface area contributed by atoms with Crippen LogP contribution in [0.15, 0.2) is 24.5 Å². The van der Waals surface area contributed by atoms with Gasteiger partial charge in [-0.2, -0.15) is 10.2 Å². The number of anilines is 1. The average molecular weight is 337 g/mol. The first-order chi connectivity index (χ1) is 12.1. The quantitative estimate of drug-likeness (QED) is 0.759. The number of carbonyl (C=O) groups excluding carboxylic acids is 1. The van der Waals surface area contributed by atoms with Crippen molar-refractivity contribution in [3.8, 4) is 11.3 Å². The molecule has 0 spiro atoms. The zero-order chi connectivity index (χ0) is 17.1. The van der Waals surface area contributed by atoms with Crippen LogP contribution in [-0.4, -0.2) is 61.4 Å². The number of aromatic amines is 1. The minimum Gasteiger partial charge on any atom is -0.342 e. The summed E-state index contributed by atoms with van der Waals surface area (Å²) in [7, 11) is 3.77. The van der Waals surface area contributed by atoms with Crippen molar-refractivity contribution in [2.45, 2.75) is 24.9 Å². The maximum atomic E-state index is 12.5. The molecule has 2 bridgehead atoms. The van der Waals surface area contributed by atoms with Gasteiger partial charge in [0.05, 0.1) is 11.7 Å². The number of nitrogens with zero attached hydrogens (tertiary/aromatic N) is 6. The van der Waals surface area contributed by atoms with Crippen LogP contribution in [0.2, 0.25) is 0 Å². The number of likely N-dealkylation sites (N-methyl/N-ethyl adjacent to an activating group) is 1. The van der Waals surface area contributed by atoms with E-state index in [9.17, 15) is 4.79 Å². The Morgan fingerprint density at radius 2 is 2.12 bits per heavy atom. The molecule has 0 saturated carbocycles. The van der Waals surface area contributed by atoms with Gasteiger partial charge in [0.25, 0.3) is 0 Å². The average Bonchev–Trinajstić information content (AvgIpc) is 3.29. The predicted octanol–water partition coefficient (Wildman–Crippen LogP) is 1.17. The molecule has 2 saturated heterocycles. The Morgan fingerprint density at radius 3 is 2.92 bits per heavy atom. The summed E-state index contributed by atoms with van der Waals surface area (Å²) in [6.45, 7) is 0.760. The molecule has 2 aliphatic rings. The first-order valence-corrected chi connectivity index (χ1v) is 8.49. The SMILES string of the molecule is CN1CC2CCC(C1=O)N2c1ccc2[nH]nc(-c3cnn(C)c3)c2n1. The van der Waals surface area contributed by atoms with Gasteiger partial charge >= 0.3 is 0 Å². The molecule has 2 fully saturated rings. The maximum Gasteiger partial charge on any atom is 0.245 e. The molecule has 5 rings (SSSR count). The van der Waals surface area contributed by atoms with Gasteiger partial charge in [0.1, 0.15) is 23.1 Å². The number of aromatic nitrogens is 5.